The molecule has 0 bridgehead atoms. The molecular weight excluding hydrogens is 296 g/mol. The van der Waals surface area contributed by atoms with Gasteiger partial charge in [0.05, 0.1) is 6.61 Å². The van der Waals surface area contributed by atoms with E-state index >= 15 is 0 Å². The lowest BCUT2D eigenvalue weighted by atomic mass is 10.1. The molecule has 0 aliphatic carbocycles. The fraction of sp³-hybridized carbons (Fsp3) is 0.412. The standard InChI is InChI=1S/C17H22N2O4/c1-4-23-11-5-6-14-12(8-11)13(16(19-14)17(21)22)9-18-15(20)7-10(2)3/h5-6,8,10,19H,4,7,9H2,1-3H3,(H,18,20)(H,21,22). The van der Waals surface area contributed by atoms with E-state index in [2.05, 4.69) is 10.3 Å². The Hall–Kier alpha value is -2.50. The van der Waals surface area contributed by atoms with Crippen molar-refractivity contribution in [2.75, 3.05) is 6.61 Å². The summed E-state index contributed by atoms with van der Waals surface area (Å²) in [5.74, 6) is -0.217. The second kappa shape index (κ2) is 7.17. The lowest BCUT2D eigenvalue weighted by Gasteiger charge is -2.08. The summed E-state index contributed by atoms with van der Waals surface area (Å²) in [6.07, 6.45) is 0.412. The van der Waals surface area contributed by atoms with Crippen LogP contribution in [-0.4, -0.2) is 28.6 Å². The number of aromatic nitrogens is 1. The van der Waals surface area contributed by atoms with Crippen molar-refractivity contribution in [2.24, 2.45) is 5.92 Å². The fourth-order valence-corrected chi connectivity index (χ4v) is 2.48. The third kappa shape index (κ3) is 4.03. The van der Waals surface area contributed by atoms with Gasteiger partial charge in [-0.1, -0.05) is 13.8 Å². The number of aromatic amines is 1. The first-order valence-corrected chi connectivity index (χ1v) is 7.69. The molecule has 23 heavy (non-hydrogen) atoms. The Bertz CT molecular complexity index is 719. The molecule has 6 nitrogen and oxygen atoms in total. The Balaban J connectivity index is 2.33. The fourth-order valence-electron chi connectivity index (χ4n) is 2.48. The summed E-state index contributed by atoms with van der Waals surface area (Å²) in [6.45, 7) is 6.51. The molecule has 1 amide bonds. The van der Waals surface area contributed by atoms with Crippen molar-refractivity contribution < 1.29 is 19.4 Å². The Morgan fingerprint density at radius 1 is 1.35 bits per heavy atom. The summed E-state index contributed by atoms with van der Waals surface area (Å²) in [7, 11) is 0. The third-order valence-corrected chi connectivity index (χ3v) is 3.46. The smallest absolute Gasteiger partial charge is 0.352 e. The van der Waals surface area contributed by atoms with Gasteiger partial charge in [-0.3, -0.25) is 4.79 Å². The Morgan fingerprint density at radius 3 is 2.70 bits per heavy atom. The Morgan fingerprint density at radius 2 is 2.09 bits per heavy atom. The molecule has 0 unspecified atom stereocenters. The summed E-state index contributed by atoms with van der Waals surface area (Å²) < 4.78 is 5.47. The van der Waals surface area contributed by atoms with Crippen molar-refractivity contribution in [3.8, 4) is 5.75 Å². The summed E-state index contributed by atoms with van der Waals surface area (Å²) >= 11 is 0. The average molecular weight is 318 g/mol. The first-order valence-electron chi connectivity index (χ1n) is 7.69. The SMILES string of the molecule is CCOc1ccc2[nH]c(C(=O)O)c(CNC(=O)CC(C)C)c2c1. The molecule has 3 N–H and O–H groups in total. The van der Waals surface area contributed by atoms with Crippen molar-refractivity contribution in [2.45, 2.75) is 33.7 Å². The zero-order valence-electron chi connectivity index (χ0n) is 13.6. The number of nitrogens with one attached hydrogen (secondary N) is 2. The molecule has 0 atom stereocenters. The number of rotatable bonds is 7. The molecule has 1 heterocycles. The third-order valence-electron chi connectivity index (χ3n) is 3.46. The van der Waals surface area contributed by atoms with E-state index in [4.69, 9.17) is 4.74 Å². The first kappa shape index (κ1) is 16.9. The molecule has 2 rings (SSSR count). The number of H-pyrrole nitrogens is 1. The molecule has 0 saturated carbocycles. The van der Waals surface area contributed by atoms with Gasteiger partial charge in [0, 0.05) is 29.4 Å². The maximum atomic E-state index is 11.8. The molecule has 6 heteroatoms. The van der Waals surface area contributed by atoms with Crippen LogP contribution in [0.25, 0.3) is 10.9 Å². The lowest BCUT2D eigenvalue weighted by molar-refractivity contribution is -0.121. The molecule has 0 spiro atoms. The number of amides is 1. The van der Waals surface area contributed by atoms with Crippen LogP contribution in [0.15, 0.2) is 18.2 Å². The van der Waals surface area contributed by atoms with Gasteiger partial charge >= 0.3 is 5.97 Å². The largest absolute Gasteiger partial charge is 0.494 e. The maximum Gasteiger partial charge on any atom is 0.352 e. The zero-order valence-corrected chi connectivity index (χ0v) is 13.6. The first-order chi connectivity index (χ1) is 10.9. The van der Waals surface area contributed by atoms with Crippen LogP contribution in [0.3, 0.4) is 0 Å². The minimum Gasteiger partial charge on any atom is -0.494 e. The van der Waals surface area contributed by atoms with Crippen molar-refractivity contribution in [3.63, 3.8) is 0 Å². The van der Waals surface area contributed by atoms with Gasteiger partial charge in [-0.25, -0.2) is 4.79 Å². The maximum absolute atomic E-state index is 11.8. The minimum atomic E-state index is -1.05. The number of carboxylic acid groups (broad SMARTS) is 1. The van der Waals surface area contributed by atoms with E-state index in [1.807, 2.05) is 20.8 Å². The van der Waals surface area contributed by atoms with E-state index in [-0.39, 0.29) is 24.1 Å². The Labute approximate surface area is 134 Å². The van der Waals surface area contributed by atoms with Gasteiger partial charge in [0.15, 0.2) is 0 Å². The monoisotopic (exact) mass is 318 g/mol. The van der Waals surface area contributed by atoms with Crippen molar-refractivity contribution in [3.05, 3.63) is 29.5 Å². The van der Waals surface area contributed by atoms with Gasteiger partial charge in [-0.15, -0.1) is 0 Å². The lowest BCUT2D eigenvalue weighted by Crippen LogP contribution is -2.24. The van der Waals surface area contributed by atoms with Crippen LogP contribution in [0.1, 0.15) is 43.2 Å². The number of carbonyl (C=O) groups excluding carboxylic acids is 1. The molecule has 0 aliphatic heterocycles. The topological polar surface area (TPSA) is 91.4 Å². The van der Waals surface area contributed by atoms with Crippen LogP contribution in [0.5, 0.6) is 5.75 Å². The van der Waals surface area contributed by atoms with Gasteiger partial charge < -0.3 is 20.1 Å². The van der Waals surface area contributed by atoms with Crippen molar-refractivity contribution >= 4 is 22.8 Å². The minimum absolute atomic E-state index is 0.0911. The average Bonchev–Trinajstić information content (AvgIpc) is 2.83. The second-order valence-electron chi connectivity index (χ2n) is 5.80. The highest BCUT2D eigenvalue weighted by molar-refractivity contribution is 5.98. The highest BCUT2D eigenvalue weighted by atomic mass is 16.5. The molecule has 0 aliphatic rings. The number of aromatic carboxylic acids is 1. The predicted octanol–water partition coefficient (Wildman–Crippen LogP) is 2.93. The zero-order chi connectivity index (χ0) is 17.0. The molecule has 1 aromatic carbocycles. The summed E-state index contributed by atoms with van der Waals surface area (Å²) in [4.78, 5) is 26.2. The second-order valence-corrected chi connectivity index (χ2v) is 5.80. The molecule has 0 saturated heterocycles. The highest BCUT2D eigenvalue weighted by Crippen LogP contribution is 2.27. The van der Waals surface area contributed by atoms with Crippen LogP contribution in [0, 0.1) is 5.92 Å². The van der Waals surface area contributed by atoms with Gasteiger partial charge in [0.2, 0.25) is 5.91 Å². The van der Waals surface area contributed by atoms with Crippen LogP contribution >= 0.6 is 0 Å². The van der Waals surface area contributed by atoms with E-state index in [1.165, 1.54) is 0 Å². The Kier molecular flexibility index (Phi) is 5.26. The number of hydrogen-bond acceptors (Lipinski definition) is 3. The number of fused-ring (bicyclic) bond motifs is 1. The van der Waals surface area contributed by atoms with Crippen molar-refractivity contribution in [1.29, 1.82) is 0 Å². The van der Waals surface area contributed by atoms with E-state index in [0.717, 1.165) is 5.39 Å². The molecule has 1 aromatic heterocycles. The summed E-state index contributed by atoms with van der Waals surface area (Å²) in [5, 5.41) is 12.9. The van der Waals surface area contributed by atoms with E-state index in [9.17, 15) is 14.7 Å². The van der Waals surface area contributed by atoms with Gasteiger partial charge in [0.25, 0.3) is 0 Å². The van der Waals surface area contributed by atoms with Crippen LogP contribution < -0.4 is 10.1 Å². The van der Waals surface area contributed by atoms with Gasteiger partial charge in [0.1, 0.15) is 11.4 Å². The number of carboxylic acids is 1. The summed E-state index contributed by atoms with van der Waals surface area (Å²) in [5.41, 5.74) is 1.36. The van der Waals surface area contributed by atoms with Crippen LogP contribution in [0.2, 0.25) is 0 Å². The summed E-state index contributed by atoms with van der Waals surface area (Å²) in [6, 6.07) is 5.37. The predicted molar refractivity (Wildman–Crippen MR) is 87.7 cm³/mol. The normalized spacial score (nSPS) is 11.0. The van der Waals surface area contributed by atoms with Gasteiger partial charge in [-0.05, 0) is 31.0 Å². The molecule has 0 fully saturated rings. The quantitative estimate of drug-likeness (QED) is 0.732. The number of benzene rings is 1. The molecule has 0 radical (unpaired) electrons. The molecule has 2 aromatic rings. The van der Waals surface area contributed by atoms with Crippen molar-refractivity contribution in [1.82, 2.24) is 10.3 Å². The molecular formula is C17H22N2O4. The van der Waals surface area contributed by atoms with Crippen LogP contribution in [0.4, 0.5) is 0 Å². The van der Waals surface area contributed by atoms with Gasteiger partial charge in [-0.2, -0.15) is 0 Å². The van der Waals surface area contributed by atoms with Crippen LogP contribution in [-0.2, 0) is 11.3 Å². The van der Waals surface area contributed by atoms with E-state index < -0.39 is 5.97 Å². The highest BCUT2D eigenvalue weighted by Gasteiger charge is 2.18. The number of ether oxygens (including phenoxy) is 1. The molecule has 124 valence electrons. The number of carbonyl (C=O) groups is 2. The van der Waals surface area contributed by atoms with E-state index in [1.54, 1.807) is 18.2 Å². The van der Waals surface area contributed by atoms with E-state index in [0.29, 0.717) is 29.9 Å². The number of hydrogen-bond donors (Lipinski definition) is 3.